The van der Waals surface area contributed by atoms with Crippen molar-refractivity contribution >= 4 is 11.9 Å². The molecule has 138 valence electrons. The quantitative estimate of drug-likeness (QED) is 0.893. The molecule has 2 saturated heterocycles. The summed E-state index contributed by atoms with van der Waals surface area (Å²) in [6.07, 6.45) is 11.0. The topological polar surface area (TPSA) is 85.2 Å². The molecule has 1 amide bonds. The van der Waals surface area contributed by atoms with Crippen molar-refractivity contribution in [3.63, 3.8) is 0 Å². The Labute approximate surface area is 152 Å². The summed E-state index contributed by atoms with van der Waals surface area (Å²) in [7, 11) is 1.82. The largest absolute Gasteiger partial charge is 0.368 e. The molecular weight excluding hydrogens is 332 g/mol. The second kappa shape index (κ2) is 7.03. The van der Waals surface area contributed by atoms with Crippen molar-refractivity contribution in [2.24, 2.45) is 7.05 Å². The lowest BCUT2D eigenvalue weighted by Crippen LogP contribution is -2.45. The molecule has 0 unspecified atom stereocenters. The van der Waals surface area contributed by atoms with Crippen molar-refractivity contribution in [2.75, 3.05) is 25.0 Å². The van der Waals surface area contributed by atoms with Gasteiger partial charge in [0, 0.05) is 38.7 Å². The van der Waals surface area contributed by atoms with E-state index in [2.05, 4.69) is 20.4 Å². The van der Waals surface area contributed by atoms with Gasteiger partial charge in [-0.3, -0.25) is 9.48 Å². The highest BCUT2D eigenvalue weighted by Crippen LogP contribution is 2.37. The maximum absolute atomic E-state index is 12.7. The minimum absolute atomic E-state index is 0.0384. The summed E-state index contributed by atoms with van der Waals surface area (Å²) in [5, 5.41) is 7.34. The van der Waals surface area contributed by atoms with Crippen molar-refractivity contribution in [1.29, 1.82) is 0 Å². The Morgan fingerprint density at radius 1 is 1.38 bits per heavy atom. The molecule has 0 radical (unpaired) electrons. The molecule has 0 aliphatic carbocycles. The summed E-state index contributed by atoms with van der Waals surface area (Å²) in [6.45, 7) is 2.07. The zero-order chi connectivity index (χ0) is 18.0. The first-order valence-electron chi connectivity index (χ1n) is 9.10. The third kappa shape index (κ3) is 3.55. The van der Waals surface area contributed by atoms with Gasteiger partial charge in [-0.1, -0.05) is 0 Å². The van der Waals surface area contributed by atoms with Gasteiger partial charge in [0.05, 0.1) is 30.0 Å². The van der Waals surface area contributed by atoms with Gasteiger partial charge < -0.3 is 15.0 Å². The normalized spacial score (nSPS) is 25.6. The zero-order valence-electron chi connectivity index (χ0n) is 15.0. The summed E-state index contributed by atoms with van der Waals surface area (Å²) >= 11 is 0. The summed E-state index contributed by atoms with van der Waals surface area (Å²) in [6, 6.07) is 1.80. The van der Waals surface area contributed by atoms with Crippen molar-refractivity contribution < 1.29 is 9.53 Å². The van der Waals surface area contributed by atoms with Crippen molar-refractivity contribution in [3.8, 4) is 0 Å². The average Bonchev–Trinajstić information content (AvgIpc) is 3.27. The van der Waals surface area contributed by atoms with Crippen molar-refractivity contribution in [2.45, 2.75) is 37.4 Å². The lowest BCUT2D eigenvalue weighted by Gasteiger charge is -2.38. The number of nitrogens with zero attached hydrogens (tertiary/aromatic N) is 5. The fourth-order valence-electron chi connectivity index (χ4n) is 3.90. The maximum Gasteiger partial charge on any atom is 0.257 e. The highest BCUT2D eigenvalue weighted by Gasteiger charge is 2.44. The first-order chi connectivity index (χ1) is 12.6. The van der Waals surface area contributed by atoms with Gasteiger partial charge in [0.1, 0.15) is 0 Å². The second-order valence-electron chi connectivity index (χ2n) is 7.15. The van der Waals surface area contributed by atoms with E-state index in [0.29, 0.717) is 24.6 Å². The molecule has 2 aromatic heterocycles. The predicted octanol–water partition coefficient (Wildman–Crippen LogP) is 1.48. The van der Waals surface area contributed by atoms with E-state index in [-0.39, 0.29) is 17.6 Å². The van der Waals surface area contributed by atoms with E-state index in [1.165, 1.54) is 0 Å². The second-order valence-corrected chi connectivity index (χ2v) is 7.15. The molecule has 0 saturated carbocycles. The minimum atomic E-state index is -0.222. The number of hydrogen-bond acceptors (Lipinski definition) is 6. The molecule has 8 nitrogen and oxygen atoms in total. The van der Waals surface area contributed by atoms with Gasteiger partial charge in [-0.05, 0) is 31.7 Å². The van der Waals surface area contributed by atoms with Crippen LogP contribution in [0.3, 0.4) is 0 Å². The molecule has 2 atom stereocenters. The number of nitrogens with one attached hydrogen (secondary N) is 1. The first kappa shape index (κ1) is 17.0. The molecule has 1 N–H and O–H groups in total. The highest BCUT2D eigenvalue weighted by atomic mass is 16.5. The van der Waals surface area contributed by atoms with Crippen LogP contribution in [-0.4, -0.2) is 61.9 Å². The molecule has 26 heavy (non-hydrogen) atoms. The van der Waals surface area contributed by atoms with Gasteiger partial charge in [0.25, 0.3) is 5.91 Å². The summed E-state index contributed by atoms with van der Waals surface area (Å²) in [5.41, 5.74) is 0.416. The maximum atomic E-state index is 12.7. The van der Waals surface area contributed by atoms with Crippen molar-refractivity contribution in [3.05, 3.63) is 36.4 Å². The van der Waals surface area contributed by atoms with E-state index in [4.69, 9.17) is 4.74 Å². The molecule has 0 bridgehead atoms. The lowest BCUT2D eigenvalue weighted by molar-refractivity contribution is -0.114. The van der Waals surface area contributed by atoms with E-state index in [1.807, 2.05) is 11.9 Å². The van der Waals surface area contributed by atoms with Crippen LogP contribution < -0.4 is 5.32 Å². The number of ether oxygens (including phenoxy) is 1. The Kier molecular flexibility index (Phi) is 4.58. The summed E-state index contributed by atoms with van der Waals surface area (Å²) < 4.78 is 8.10. The van der Waals surface area contributed by atoms with E-state index in [0.717, 1.165) is 32.2 Å². The molecular formula is C18H24N6O2. The van der Waals surface area contributed by atoms with E-state index < -0.39 is 0 Å². The predicted molar refractivity (Wildman–Crippen MR) is 95.7 cm³/mol. The smallest absolute Gasteiger partial charge is 0.257 e. The fraction of sp³-hybridized carbons (Fsp3) is 0.556. The molecule has 2 aliphatic heterocycles. The number of hydrogen-bond donors (Lipinski definition) is 1. The third-order valence-electron chi connectivity index (χ3n) is 5.18. The van der Waals surface area contributed by atoms with Crippen LogP contribution in [0.1, 0.15) is 36.0 Å². The Hall–Kier alpha value is -2.48. The highest BCUT2D eigenvalue weighted by molar-refractivity contribution is 5.94. The Morgan fingerprint density at radius 2 is 2.23 bits per heavy atom. The average molecular weight is 356 g/mol. The molecule has 2 aliphatic rings. The van der Waals surface area contributed by atoms with Crippen LogP contribution in [0.2, 0.25) is 0 Å². The number of amides is 1. The van der Waals surface area contributed by atoms with Crippen LogP contribution in [0.5, 0.6) is 0 Å². The van der Waals surface area contributed by atoms with Crippen molar-refractivity contribution in [1.82, 2.24) is 24.6 Å². The number of carbonyl (C=O) groups is 1. The Bertz CT molecular complexity index is 764. The van der Waals surface area contributed by atoms with Gasteiger partial charge >= 0.3 is 0 Å². The summed E-state index contributed by atoms with van der Waals surface area (Å²) in [4.78, 5) is 22.9. The van der Waals surface area contributed by atoms with Crippen LogP contribution in [0.25, 0.3) is 0 Å². The van der Waals surface area contributed by atoms with Gasteiger partial charge in [0.2, 0.25) is 5.95 Å². The van der Waals surface area contributed by atoms with Crippen LogP contribution in [0.15, 0.2) is 30.9 Å². The molecule has 2 fully saturated rings. The Balaban J connectivity index is 1.35. The zero-order valence-corrected chi connectivity index (χ0v) is 15.0. The number of aromatic nitrogens is 4. The van der Waals surface area contributed by atoms with E-state index in [1.54, 1.807) is 35.5 Å². The number of likely N-dealkylation sites (tertiary alicyclic amines) is 1. The summed E-state index contributed by atoms with van der Waals surface area (Å²) in [5.74, 6) is 0.659. The molecule has 4 heterocycles. The Morgan fingerprint density at radius 3 is 3.00 bits per heavy atom. The first-order valence-corrected chi connectivity index (χ1v) is 9.10. The fourth-order valence-corrected chi connectivity index (χ4v) is 3.90. The number of aryl methyl sites for hydroxylation is 1. The van der Waals surface area contributed by atoms with E-state index >= 15 is 0 Å². The molecule has 8 heteroatoms. The van der Waals surface area contributed by atoms with Crippen LogP contribution in [-0.2, 0) is 11.8 Å². The van der Waals surface area contributed by atoms with Crippen LogP contribution in [0, 0.1) is 0 Å². The number of carbonyl (C=O) groups excluding carboxylic acids is 1. The lowest BCUT2D eigenvalue weighted by atomic mass is 9.90. The molecule has 1 spiro atoms. The number of rotatable bonds is 4. The molecule has 2 aromatic rings. The number of anilines is 1. The van der Waals surface area contributed by atoms with Crippen LogP contribution >= 0.6 is 0 Å². The SMILES string of the molecule is Cn1cc(C(=O)N2CC[C@]3(CCC[C@H](CNc4ncccn4)O3)C2)cn1. The van der Waals surface area contributed by atoms with Gasteiger partial charge in [0.15, 0.2) is 0 Å². The third-order valence-corrected chi connectivity index (χ3v) is 5.18. The standard InChI is InChI=1S/C18H24N6O2/c1-23-12-14(10-22-23)16(25)24-9-6-18(13-24)5-2-4-15(26-18)11-21-17-19-7-3-8-20-17/h3,7-8,10,12,15H,2,4-6,9,11,13H2,1H3,(H,19,20,21)/t15-,18-/m1/s1. The monoisotopic (exact) mass is 356 g/mol. The van der Waals surface area contributed by atoms with Gasteiger partial charge in [-0.15, -0.1) is 0 Å². The van der Waals surface area contributed by atoms with Gasteiger partial charge in [-0.2, -0.15) is 5.10 Å². The molecule has 0 aromatic carbocycles. The minimum Gasteiger partial charge on any atom is -0.368 e. The van der Waals surface area contributed by atoms with Crippen LogP contribution in [0.4, 0.5) is 5.95 Å². The van der Waals surface area contributed by atoms with E-state index in [9.17, 15) is 4.79 Å². The molecule has 4 rings (SSSR count). The van der Waals surface area contributed by atoms with Gasteiger partial charge in [-0.25, -0.2) is 9.97 Å².